The SMILES string of the molecule is C=COCCOCCOCCOCCOCCOCCOCCOCCOCCOCCC(=O)O. The van der Waals surface area contributed by atoms with Crippen molar-refractivity contribution in [2.24, 2.45) is 0 Å². The third-order valence-electron chi connectivity index (χ3n) is 3.90. The van der Waals surface area contributed by atoms with Crippen LogP contribution in [-0.4, -0.2) is 137 Å². The third kappa shape index (κ3) is 32.6. The standard InChI is InChI=1S/C23H44O12/c1-2-26-5-6-28-9-10-30-13-14-32-17-18-34-21-22-35-20-19-33-16-15-31-12-11-29-8-7-27-4-3-23(24)25/h2H,1,3-22H2,(H,24,25). The fraction of sp³-hybridized carbons (Fsp3) is 0.870. The van der Waals surface area contributed by atoms with Gasteiger partial charge in [0.05, 0.1) is 132 Å². The minimum Gasteiger partial charge on any atom is -0.499 e. The Bertz CT molecular complexity index is 439. The summed E-state index contributed by atoms with van der Waals surface area (Å²) in [6, 6.07) is 0. The zero-order valence-corrected chi connectivity index (χ0v) is 20.9. The van der Waals surface area contributed by atoms with Crippen LogP contribution in [0.25, 0.3) is 0 Å². The fourth-order valence-electron chi connectivity index (χ4n) is 2.21. The quantitative estimate of drug-likeness (QED) is 0.104. The summed E-state index contributed by atoms with van der Waals surface area (Å²) in [5, 5.41) is 8.46. The van der Waals surface area contributed by atoms with E-state index in [-0.39, 0.29) is 13.0 Å². The minimum atomic E-state index is -0.872. The van der Waals surface area contributed by atoms with Gasteiger partial charge in [0.1, 0.15) is 6.61 Å². The van der Waals surface area contributed by atoms with Gasteiger partial charge in [0.2, 0.25) is 0 Å². The van der Waals surface area contributed by atoms with Crippen LogP contribution in [0.2, 0.25) is 0 Å². The van der Waals surface area contributed by atoms with Crippen LogP contribution in [0.3, 0.4) is 0 Å². The maximum atomic E-state index is 10.3. The van der Waals surface area contributed by atoms with E-state index in [1.807, 2.05) is 0 Å². The van der Waals surface area contributed by atoms with Crippen molar-refractivity contribution in [1.29, 1.82) is 0 Å². The van der Waals surface area contributed by atoms with E-state index in [2.05, 4.69) is 6.58 Å². The molecule has 0 saturated carbocycles. The molecule has 0 amide bonds. The molecule has 0 aromatic carbocycles. The van der Waals surface area contributed by atoms with Gasteiger partial charge in [0.15, 0.2) is 0 Å². The molecule has 0 aliphatic carbocycles. The molecule has 0 aliphatic rings. The van der Waals surface area contributed by atoms with Crippen LogP contribution >= 0.6 is 0 Å². The average molecular weight is 513 g/mol. The Kier molecular flexibility index (Phi) is 29.5. The Balaban J connectivity index is 3.02. The van der Waals surface area contributed by atoms with Gasteiger partial charge in [-0.25, -0.2) is 0 Å². The van der Waals surface area contributed by atoms with Crippen molar-refractivity contribution < 1.29 is 57.3 Å². The molecule has 0 rings (SSSR count). The van der Waals surface area contributed by atoms with Gasteiger partial charge in [-0.05, 0) is 0 Å². The molecule has 0 bridgehead atoms. The predicted octanol–water partition coefficient (Wildman–Crippen LogP) is 0.771. The molecule has 35 heavy (non-hydrogen) atoms. The van der Waals surface area contributed by atoms with Gasteiger partial charge < -0.3 is 52.5 Å². The van der Waals surface area contributed by atoms with Crippen LogP contribution < -0.4 is 0 Å². The Morgan fingerprint density at radius 2 is 0.686 bits per heavy atom. The fourth-order valence-corrected chi connectivity index (χ4v) is 2.21. The lowest BCUT2D eigenvalue weighted by atomic mass is 10.5. The first-order valence-corrected chi connectivity index (χ1v) is 11.9. The molecular weight excluding hydrogens is 468 g/mol. The van der Waals surface area contributed by atoms with E-state index in [0.29, 0.717) is 119 Å². The molecule has 12 heteroatoms. The highest BCUT2D eigenvalue weighted by molar-refractivity contribution is 5.66. The Morgan fingerprint density at radius 1 is 0.457 bits per heavy atom. The molecule has 0 aromatic heterocycles. The lowest BCUT2D eigenvalue weighted by Gasteiger charge is -2.09. The molecule has 0 saturated heterocycles. The molecule has 12 nitrogen and oxygen atoms in total. The highest BCUT2D eigenvalue weighted by Gasteiger charge is 1.97. The molecular formula is C23H44O12. The van der Waals surface area contributed by atoms with Gasteiger partial charge in [0.25, 0.3) is 0 Å². The van der Waals surface area contributed by atoms with Gasteiger partial charge in [-0.2, -0.15) is 0 Å². The van der Waals surface area contributed by atoms with Crippen molar-refractivity contribution in [3.63, 3.8) is 0 Å². The molecule has 1 N–H and O–H groups in total. The average Bonchev–Trinajstić information content (AvgIpc) is 2.85. The van der Waals surface area contributed by atoms with Crippen LogP contribution in [0.4, 0.5) is 0 Å². The molecule has 0 heterocycles. The Labute approximate surface area is 208 Å². The van der Waals surface area contributed by atoms with Crippen molar-refractivity contribution in [2.75, 3.05) is 126 Å². The molecule has 0 aliphatic heterocycles. The van der Waals surface area contributed by atoms with E-state index in [1.165, 1.54) is 6.26 Å². The van der Waals surface area contributed by atoms with Crippen molar-refractivity contribution >= 4 is 5.97 Å². The zero-order valence-electron chi connectivity index (χ0n) is 20.9. The summed E-state index contributed by atoms with van der Waals surface area (Å²) in [6.07, 6.45) is 1.39. The molecule has 0 spiro atoms. The molecule has 0 atom stereocenters. The highest BCUT2D eigenvalue weighted by Crippen LogP contribution is 1.87. The lowest BCUT2D eigenvalue weighted by molar-refractivity contribution is -0.138. The molecule has 0 unspecified atom stereocenters. The first-order chi connectivity index (χ1) is 17.3. The smallest absolute Gasteiger partial charge is 0.305 e. The van der Waals surface area contributed by atoms with Gasteiger partial charge in [0, 0.05) is 0 Å². The van der Waals surface area contributed by atoms with Gasteiger partial charge in [-0.3, -0.25) is 4.79 Å². The number of rotatable bonds is 31. The number of hydrogen-bond donors (Lipinski definition) is 1. The third-order valence-corrected chi connectivity index (χ3v) is 3.90. The second-order valence-electron chi connectivity index (χ2n) is 6.69. The first kappa shape index (κ1) is 33.7. The van der Waals surface area contributed by atoms with Crippen molar-refractivity contribution in [2.45, 2.75) is 6.42 Å². The number of ether oxygens (including phenoxy) is 10. The summed E-state index contributed by atoms with van der Waals surface area (Å²) in [7, 11) is 0. The van der Waals surface area contributed by atoms with Gasteiger partial charge >= 0.3 is 5.97 Å². The Morgan fingerprint density at radius 3 is 0.914 bits per heavy atom. The number of hydrogen-bond acceptors (Lipinski definition) is 11. The van der Waals surface area contributed by atoms with Gasteiger partial charge in [-0.15, -0.1) is 0 Å². The second kappa shape index (κ2) is 30.7. The Hall–Kier alpha value is -1.35. The van der Waals surface area contributed by atoms with Crippen molar-refractivity contribution in [3.8, 4) is 0 Å². The van der Waals surface area contributed by atoms with Gasteiger partial charge in [-0.1, -0.05) is 6.58 Å². The summed E-state index contributed by atoms with van der Waals surface area (Å²) in [4.78, 5) is 10.3. The summed E-state index contributed by atoms with van der Waals surface area (Å²) in [5.74, 6) is -0.872. The van der Waals surface area contributed by atoms with Crippen molar-refractivity contribution in [3.05, 3.63) is 12.8 Å². The van der Waals surface area contributed by atoms with E-state index in [9.17, 15) is 4.79 Å². The first-order valence-electron chi connectivity index (χ1n) is 11.9. The maximum absolute atomic E-state index is 10.3. The van der Waals surface area contributed by atoms with Crippen LogP contribution in [0.15, 0.2) is 12.8 Å². The monoisotopic (exact) mass is 512 g/mol. The molecule has 0 fully saturated rings. The topological polar surface area (TPSA) is 130 Å². The number of aliphatic carboxylic acids is 1. The molecule has 0 aromatic rings. The van der Waals surface area contributed by atoms with E-state index in [0.717, 1.165) is 0 Å². The van der Waals surface area contributed by atoms with E-state index < -0.39 is 5.97 Å². The molecule has 208 valence electrons. The summed E-state index contributed by atoms with van der Waals surface area (Å²) in [5.41, 5.74) is 0. The molecule has 0 radical (unpaired) electrons. The number of carboxylic acid groups (broad SMARTS) is 1. The largest absolute Gasteiger partial charge is 0.499 e. The van der Waals surface area contributed by atoms with E-state index in [1.54, 1.807) is 0 Å². The summed E-state index contributed by atoms with van der Waals surface area (Å²) < 4.78 is 53.0. The summed E-state index contributed by atoms with van der Waals surface area (Å²) in [6.45, 7) is 12.4. The van der Waals surface area contributed by atoms with Crippen LogP contribution in [-0.2, 0) is 52.2 Å². The van der Waals surface area contributed by atoms with Crippen LogP contribution in [0, 0.1) is 0 Å². The van der Waals surface area contributed by atoms with Crippen LogP contribution in [0.5, 0.6) is 0 Å². The minimum absolute atomic E-state index is 0.000844. The maximum Gasteiger partial charge on any atom is 0.305 e. The van der Waals surface area contributed by atoms with Crippen LogP contribution in [0.1, 0.15) is 6.42 Å². The summed E-state index contributed by atoms with van der Waals surface area (Å²) >= 11 is 0. The zero-order chi connectivity index (χ0) is 25.5. The van der Waals surface area contributed by atoms with E-state index in [4.69, 9.17) is 52.5 Å². The number of carboxylic acids is 1. The van der Waals surface area contributed by atoms with Crippen molar-refractivity contribution in [1.82, 2.24) is 0 Å². The van der Waals surface area contributed by atoms with E-state index >= 15 is 0 Å². The second-order valence-corrected chi connectivity index (χ2v) is 6.69. The predicted molar refractivity (Wildman–Crippen MR) is 126 cm³/mol. The normalized spacial score (nSPS) is 11.1. The number of carbonyl (C=O) groups is 1. The highest BCUT2D eigenvalue weighted by atomic mass is 16.6. The lowest BCUT2D eigenvalue weighted by Crippen LogP contribution is -2.15.